The quantitative estimate of drug-likeness (QED) is 0.416. The molecule has 4 rings (SSSR count). The molecular weight excluding hydrogens is 380 g/mol. The Balaban J connectivity index is 1.70. The van der Waals surface area contributed by atoms with Crippen molar-refractivity contribution < 1.29 is 9.21 Å². The minimum absolute atomic E-state index is 0.0121. The van der Waals surface area contributed by atoms with Gasteiger partial charge in [0.1, 0.15) is 5.76 Å². The van der Waals surface area contributed by atoms with Gasteiger partial charge in [0, 0.05) is 0 Å². The standard InChI is InChI=1S/C24H24N2O2S/c1-15-10-18(4)23-21(11-15)25-24(29-23)26(14-20-6-5-9-28-20)22(27)13-19-8-7-16(2)17(3)12-19/h5-12H,13-14H2,1-4H3. The van der Waals surface area contributed by atoms with Gasteiger partial charge in [-0.25, -0.2) is 4.98 Å². The van der Waals surface area contributed by atoms with Gasteiger partial charge in [-0.1, -0.05) is 35.6 Å². The highest BCUT2D eigenvalue weighted by Crippen LogP contribution is 2.33. The van der Waals surface area contributed by atoms with E-state index in [-0.39, 0.29) is 5.91 Å². The Bertz CT molecular complexity index is 1180. The number of carbonyl (C=O) groups excluding carboxylic acids is 1. The number of carbonyl (C=O) groups is 1. The summed E-state index contributed by atoms with van der Waals surface area (Å²) in [6, 6.07) is 14.1. The fourth-order valence-corrected chi connectivity index (χ4v) is 4.52. The first-order valence-electron chi connectivity index (χ1n) is 9.67. The lowest BCUT2D eigenvalue weighted by molar-refractivity contribution is -0.118. The normalized spacial score (nSPS) is 11.2. The third-order valence-corrected chi connectivity index (χ3v) is 6.39. The molecule has 0 N–H and O–H groups in total. The first-order chi connectivity index (χ1) is 13.9. The van der Waals surface area contributed by atoms with Gasteiger partial charge in [0.2, 0.25) is 5.91 Å². The average molecular weight is 405 g/mol. The smallest absolute Gasteiger partial charge is 0.233 e. The molecule has 0 saturated heterocycles. The summed E-state index contributed by atoms with van der Waals surface area (Å²) in [6.45, 7) is 8.68. The van der Waals surface area contributed by atoms with Crippen LogP contribution in [0.5, 0.6) is 0 Å². The van der Waals surface area contributed by atoms with Crippen molar-refractivity contribution in [3.05, 3.63) is 82.3 Å². The number of hydrogen-bond donors (Lipinski definition) is 0. The van der Waals surface area contributed by atoms with Crippen LogP contribution in [0.25, 0.3) is 10.2 Å². The maximum Gasteiger partial charge on any atom is 0.233 e. The monoisotopic (exact) mass is 404 g/mol. The summed E-state index contributed by atoms with van der Waals surface area (Å²) in [5.41, 5.74) is 6.72. The predicted octanol–water partition coefficient (Wildman–Crippen LogP) is 5.90. The van der Waals surface area contributed by atoms with Crippen LogP contribution in [0.1, 0.15) is 33.6 Å². The Labute approximate surface area is 174 Å². The number of amides is 1. The number of fused-ring (bicyclic) bond motifs is 1. The van der Waals surface area contributed by atoms with Crippen molar-refractivity contribution >= 4 is 32.6 Å². The maximum atomic E-state index is 13.3. The highest BCUT2D eigenvalue weighted by molar-refractivity contribution is 7.22. The number of rotatable bonds is 5. The molecule has 4 aromatic rings. The van der Waals surface area contributed by atoms with E-state index < -0.39 is 0 Å². The largest absolute Gasteiger partial charge is 0.467 e. The summed E-state index contributed by atoms with van der Waals surface area (Å²) in [5, 5.41) is 0.707. The van der Waals surface area contributed by atoms with E-state index in [1.807, 2.05) is 18.2 Å². The fraction of sp³-hybridized carbons (Fsp3) is 0.250. The van der Waals surface area contributed by atoms with Crippen LogP contribution in [-0.2, 0) is 17.8 Å². The zero-order valence-corrected chi connectivity index (χ0v) is 18.0. The second-order valence-electron chi connectivity index (χ2n) is 7.58. The summed E-state index contributed by atoms with van der Waals surface area (Å²) in [4.78, 5) is 19.9. The van der Waals surface area contributed by atoms with E-state index in [1.165, 1.54) is 22.3 Å². The number of benzene rings is 2. The third kappa shape index (κ3) is 4.10. The summed E-state index contributed by atoms with van der Waals surface area (Å²) in [7, 11) is 0. The van der Waals surface area contributed by atoms with Crippen molar-refractivity contribution in [2.45, 2.75) is 40.7 Å². The van der Waals surface area contributed by atoms with Gasteiger partial charge < -0.3 is 4.42 Å². The van der Waals surface area contributed by atoms with E-state index in [2.05, 4.69) is 52.0 Å². The summed E-state index contributed by atoms with van der Waals surface area (Å²) in [6.07, 6.45) is 1.96. The summed E-state index contributed by atoms with van der Waals surface area (Å²) < 4.78 is 6.64. The predicted molar refractivity (Wildman–Crippen MR) is 119 cm³/mol. The zero-order valence-electron chi connectivity index (χ0n) is 17.2. The molecule has 2 aromatic heterocycles. The Morgan fingerprint density at radius 1 is 1.03 bits per heavy atom. The number of anilines is 1. The topological polar surface area (TPSA) is 46.3 Å². The van der Waals surface area contributed by atoms with E-state index >= 15 is 0 Å². The molecule has 29 heavy (non-hydrogen) atoms. The van der Waals surface area contributed by atoms with Gasteiger partial charge in [-0.05, 0) is 73.7 Å². The van der Waals surface area contributed by atoms with Crippen LogP contribution in [0, 0.1) is 27.7 Å². The Morgan fingerprint density at radius 3 is 2.59 bits per heavy atom. The van der Waals surface area contributed by atoms with Crippen molar-refractivity contribution in [3.63, 3.8) is 0 Å². The van der Waals surface area contributed by atoms with Crippen molar-refractivity contribution in [1.29, 1.82) is 0 Å². The van der Waals surface area contributed by atoms with E-state index in [0.29, 0.717) is 18.1 Å². The number of furan rings is 1. The molecule has 148 valence electrons. The number of hydrogen-bond acceptors (Lipinski definition) is 4. The Kier molecular flexibility index (Phi) is 5.24. The van der Waals surface area contributed by atoms with Gasteiger partial charge in [-0.3, -0.25) is 9.69 Å². The van der Waals surface area contributed by atoms with E-state index in [0.717, 1.165) is 21.5 Å². The van der Waals surface area contributed by atoms with Crippen LogP contribution in [0.4, 0.5) is 5.13 Å². The van der Waals surface area contributed by atoms with Gasteiger partial charge in [-0.2, -0.15) is 0 Å². The lowest BCUT2D eigenvalue weighted by Crippen LogP contribution is -2.31. The lowest BCUT2D eigenvalue weighted by Gasteiger charge is -2.19. The molecule has 1 amide bonds. The Morgan fingerprint density at radius 2 is 1.86 bits per heavy atom. The van der Waals surface area contributed by atoms with E-state index in [1.54, 1.807) is 22.5 Å². The SMILES string of the molecule is Cc1cc(C)c2sc(N(Cc3ccco3)C(=O)Cc3ccc(C)c(C)c3)nc2c1. The molecule has 2 heterocycles. The molecule has 0 atom stereocenters. The van der Waals surface area contributed by atoms with Gasteiger partial charge in [0.25, 0.3) is 0 Å². The van der Waals surface area contributed by atoms with Crippen molar-refractivity contribution in [2.75, 3.05) is 4.90 Å². The minimum atomic E-state index is 0.0121. The highest BCUT2D eigenvalue weighted by atomic mass is 32.1. The molecule has 0 aliphatic rings. The minimum Gasteiger partial charge on any atom is -0.467 e. The second-order valence-corrected chi connectivity index (χ2v) is 8.56. The van der Waals surface area contributed by atoms with Crippen LogP contribution in [0.15, 0.2) is 53.1 Å². The fourth-order valence-electron chi connectivity index (χ4n) is 3.48. The van der Waals surface area contributed by atoms with Gasteiger partial charge >= 0.3 is 0 Å². The number of aromatic nitrogens is 1. The molecular formula is C24H24N2O2S. The van der Waals surface area contributed by atoms with Crippen molar-refractivity contribution in [1.82, 2.24) is 4.98 Å². The summed E-state index contributed by atoms with van der Waals surface area (Å²) in [5.74, 6) is 0.753. The zero-order chi connectivity index (χ0) is 20.5. The number of nitrogens with zero attached hydrogens (tertiary/aromatic N) is 2. The molecule has 0 spiro atoms. The van der Waals surface area contributed by atoms with Gasteiger partial charge in [0.15, 0.2) is 5.13 Å². The molecule has 0 saturated carbocycles. The Hall–Kier alpha value is -2.92. The van der Waals surface area contributed by atoms with Crippen LogP contribution in [-0.4, -0.2) is 10.9 Å². The lowest BCUT2D eigenvalue weighted by atomic mass is 10.0. The third-order valence-electron chi connectivity index (χ3n) is 5.16. The molecule has 0 radical (unpaired) electrons. The molecule has 0 aliphatic carbocycles. The molecule has 2 aromatic carbocycles. The summed E-state index contributed by atoms with van der Waals surface area (Å²) >= 11 is 1.56. The second kappa shape index (κ2) is 7.84. The van der Waals surface area contributed by atoms with Crippen molar-refractivity contribution in [2.24, 2.45) is 0 Å². The number of thiazole rings is 1. The molecule has 0 aliphatic heterocycles. The molecule has 0 bridgehead atoms. The van der Waals surface area contributed by atoms with E-state index in [4.69, 9.17) is 9.40 Å². The number of aryl methyl sites for hydroxylation is 4. The van der Waals surface area contributed by atoms with Crippen LogP contribution < -0.4 is 4.90 Å². The van der Waals surface area contributed by atoms with Crippen molar-refractivity contribution in [3.8, 4) is 0 Å². The van der Waals surface area contributed by atoms with Crippen LogP contribution in [0.2, 0.25) is 0 Å². The van der Waals surface area contributed by atoms with Crippen LogP contribution >= 0.6 is 11.3 Å². The molecule has 4 nitrogen and oxygen atoms in total. The highest BCUT2D eigenvalue weighted by Gasteiger charge is 2.22. The van der Waals surface area contributed by atoms with Gasteiger partial charge in [-0.15, -0.1) is 0 Å². The molecule has 0 fully saturated rings. The first kappa shape index (κ1) is 19.4. The van der Waals surface area contributed by atoms with Gasteiger partial charge in [0.05, 0.1) is 29.4 Å². The maximum absolute atomic E-state index is 13.3. The first-order valence-corrected chi connectivity index (χ1v) is 10.5. The molecule has 5 heteroatoms. The average Bonchev–Trinajstić information content (AvgIpc) is 3.32. The molecule has 0 unspecified atom stereocenters. The van der Waals surface area contributed by atoms with Crippen LogP contribution in [0.3, 0.4) is 0 Å². The van der Waals surface area contributed by atoms with E-state index in [9.17, 15) is 4.79 Å².